The van der Waals surface area contributed by atoms with Crippen molar-refractivity contribution in [2.45, 2.75) is 25.4 Å². The number of rotatable bonds is 10. The van der Waals surface area contributed by atoms with Crippen LogP contribution in [-0.2, 0) is 20.9 Å². The molecule has 3 aromatic carbocycles. The first-order valence-corrected chi connectivity index (χ1v) is 14.5. The molecule has 0 saturated carbocycles. The highest BCUT2D eigenvalue weighted by molar-refractivity contribution is 8.14. The maximum Gasteiger partial charge on any atom is 0.259 e. The van der Waals surface area contributed by atoms with Crippen LogP contribution in [0.3, 0.4) is 0 Å². The molecule has 42 heavy (non-hydrogen) atoms. The molecule has 3 aromatic rings. The molecule has 0 saturated heterocycles. The molecule has 5 rings (SSSR count). The number of hydrogen-bond donors (Lipinski definition) is 2. The molecule has 0 radical (unpaired) electrons. The Morgan fingerprint density at radius 1 is 1.00 bits per heavy atom. The van der Waals surface area contributed by atoms with Crippen LogP contribution in [0.2, 0.25) is 0 Å². The monoisotopic (exact) mass is 584 g/mol. The van der Waals surface area contributed by atoms with E-state index in [2.05, 4.69) is 15.6 Å². The van der Waals surface area contributed by atoms with E-state index in [0.29, 0.717) is 34.7 Å². The minimum atomic E-state index is -0.724. The van der Waals surface area contributed by atoms with Crippen LogP contribution < -0.4 is 20.3 Å². The van der Waals surface area contributed by atoms with Crippen molar-refractivity contribution in [3.05, 3.63) is 83.9 Å². The molecule has 0 aromatic heterocycles. The fourth-order valence-electron chi connectivity index (χ4n) is 4.66. The molecule has 2 heterocycles. The number of thioether (sulfide) groups is 1. The molecule has 3 amide bonds. The van der Waals surface area contributed by atoms with Gasteiger partial charge in [0.15, 0.2) is 5.17 Å². The van der Waals surface area contributed by atoms with Crippen molar-refractivity contribution in [2.24, 2.45) is 9.98 Å². The van der Waals surface area contributed by atoms with Crippen molar-refractivity contribution in [1.29, 1.82) is 0 Å². The van der Waals surface area contributed by atoms with E-state index >= 15 is 0 Å². The molecule has 2 N–H and O–H groups in total. The summed E-state index contributed by atoms with van der Waals surface area (Å²) in [6, 6.07) is 21.8. The summed E-state index contributed by atoms with van der Waals surface area (Å²) in [5.41, 5.74) is 4.00. The van der Waals surface area contributed by atoms with E-state index in [4.69, 9.17) is 9.73 Å². The minimum Gasteiger partial charge on any atom is -0.496 e. The van der Waals surface area contributed by atoms with Crippen LogP contribution in [0.5, 0.6) is 5.75 Å². The second-order valence-electron chi connectivity index (χ2n) is 9.96. The van der Waals surface area contributed by atoms with Crippen molar-refractivity contribution in [2.75, 3.05) is 37.2 Å². The van der Waals surface area contributed by atoms with Gasteiger partial charge in [0.2, 0.25) is 11.8 Å². The van der Waals surface area contributed by atoms with Gasteiger partial charge in [0.05, 0.1) is 18.6 Å². The van der Waals surface area contributed by atoms with Gasteiger partial charge in [-0.25, -0.2) is 9.89 Å². The summed E-state index contributed by atoms with van der Waals surface area (Å²) >= 11 is 1.18. The number of carbonyl (C=O) groups is 3. The second-order valence-corrected chi connectivity index (χ2v) is 10.9. The van der Waals surface area contributed by atoms with Gasteiger partial charge in [0.1, 0.15) is 17.6 Å². The average molecular weight is 585 g/mol. The summed E-state index contributed by atoms with van der Waals surface area (Å²) in [6.45, 7) is 0.324. The van der Waals surface area contributed by atoms with Gasteiger partial charge in [-0.15, -0.1) is 0 Å². The molecule has 0 aliphatic carbocycles. The van der Waals surface area contributed by atoms with Crippen LogP contribution in [0, 0.1) is 0 Å². The lowest BCUT2D eigenvalue weighted by atomic mass is 10.1. The third-order valence-electron chi connectivity index (χ3n) is 6.86. The van der Waals surface area contributed by atoms with Crippen LogP contribution >= 0.6 is 11.8 Å². The quantitative estimate of drug-likeness (QED) is 0.369. The van der Waals surface area contributed by atoms with E-state index in [1.807, 2.05) is 91.8 Å². The zero-order valence-corrected chi connectivity index (χ0v) is 24.5. The smallest absolute Gasteiger partial charge is 0.259 e. The second kappa shape index (κ2) is 12.9. The standard InChI is InChI=1S/C31H32N6O4S/c1-36(2)22-14-12-21(13-15-22)33-28(39)19-42-31-35-24-10-6-5-9-23(24)29-34-25(30(40)37(29)31)16-17-27(38)32-18-20-8-4-7-11-26(20)41-3/h4-15,25H,16-19H2,1-3H3,(H,32,38)(H,33,39)/t25-/m1/s1. The van der Waals surface area contributed by atoms with Crippen LogP contribution in [0.25, 0.3) is 0 Å². The highest BCUT2D eigenvalue weighted by atomic mass is 32.2. The fourth-order valence-corrected chi connectivity index (χ4v) is 5.46. The van der Waals surface area contributed by atoms with Gasteiger partial charge < -0.3 is 20.3 Å². The number of fused-ring (bicyclic) bond motifs is 3. The third-order valence-corrected chi connectivity index (χ3v) is 7.80. The number of nitrogens with zero attached hydrogens (tertiary/aromatic N) is 4. The fraction of sp³-hybridized carbons (Fsp3) is 0.258. The summed E-state index contributed by atoms with van der Waals surface area (Å²) in [6.07, 6.45) is 0.382. The Labute approximate surface area is 248 Å². The van der Waals surface area contributed by atoms with Crippen LogP contribution in [-0.4, -0.2) is 66.6 Å². The maximum atomic E-state index is 13.5. The molecule has 2 aliphatic heterocycles. The van der Waals surface area contributed by atoms with Gasteiger partial charge in [0.25, 0.3) is 5.91 Å². The summed E-state index contributed by atoms with van der Waals surface area (Å²) < 4.78 is 5.34. The lowest BCUT2D eigenvalue weighted by Gasteiger charge is -2.25. The molecule has 10 nitrogen and oxygen atoms in total. The number of benzene rings is 3. The molecule has 0 bridgehead atoms. The predicted molar refractivity (Wildman–Crippen MR) is 167 cm³/mol. The van der Waals surface area contributed by atoms with Crippen LogP contribution in [0.4, 0.5) is 17.1 Å². The van der Waals surface area contributed by atoms with Crippen molar-refractivity contribution in [3.8, 4) is 5.75 Å². The number of amides is 3. The summed E-state index contributed by atoms with van der Waals surface area (Å²) in [5, 5.41) is 6.17. The summed E-state index contributed by atoms with van der Waals surface area (Å²) in [7, 11) is 5.49. The van der Waals surface area contributed by atoms with Crippen molar-refractivity contribution < 1.29 is 19.1 Å². The van der Waals surface area contributed by atoms with Crippen molar-refractivity contribution in [3.63, 3.8) is 0 Å². The number of amidine groups is 2. The number of hydrogen-bond acceptors (Lipinski definition) is 8. The molecule has 1 atom stereocenters. The summed E-state index contributed by atoms with van der Waals surface area (Å²) in [4.78, 5) is 51.8. The molecule has 0 spiro atoms. The van der Waals surface area contributed by atoms with Gasteiger partial charge in [-0.3, -0.25) is 19.4 Å². The Balaban J connectivity index is 1.22. The van der Waals surface area contributed by atoms with E-state index in [1.54, 1.807) is 7.11 Å². The zero-order chi connectivity index (χ0) is 29.6. The Morgan fingerprint density at radius 3 is 2.50 bits per heavy atom. The van der Waals surface area contributed by atoms with Gasteiger partial charge in [-0.1, -0.05) is 42.1 Å². The Bertz CT molecular complexity index is 1550. The molecule has 2 aliphatic rings. The lowest BCUT2D eigenvalue weighted by molar-refractivity contribution is -0.125. The normalized spacial score (nSPS) is 15.3. The molecule has 11 heteroatoms. The van der Waals surface area contributed by atoms with Crippen molar-refractivity contribution >= 4 is 57.5 Å². The van der Waals surface area contributed by atoms with E-state index in [-0.39, 0.29) is 36.3 Å². The number of ether oxygens (including phenoxy) is 1. The highest BCUT2D eigenvalue weighted by Crippen LogP contribution is 2.34. The molecular formula is C31H32N6O4S. The number of anilines is 2. The van der Waals surface area contributed by atoms with E-state index in [0.717, 1.165) is 16.8 Å². The first-order chi connectivity index (χ1) is 20.3. The van der Waals surface area contributed by atoms with Crippen molar-refractivity contribution in [1.82, 2.24) is 10.2 Å². The van der Waals surface area contributed by atoms with Gasteiger partial charge in [-0.05, 0) is 48.9 Å². The van der Waals surface area contributed by atoms with E-state index in [9.17, 15) is 14.4 Å². The number of nitrogens with one attached hydrogen (secondary N) is 2. The van der Waals surface area contributed by atoms with Gasteiger partial charge in [-0.2, -0.15) is 0 Å². The van der Waals surface area contributed by atoms with E-state index < -0.39 is 6.04 Å². The Hall–Kier alpha value is -4.64. The molecule has 216 valence electrons. The van der Waals surface area contributed by atoms with Crippen LogP contribution in [0.15, 0.2) is 82.8 Å². The highest BCUT2D eigenvalue weighted by Gasteiger charge is 2.41. The van der Waals surface area contributed by atoms with Crippen LogP contribution in [0.1, 0.15) is 24.0 Å². The molecule has 0 fully saturated rings. The molecular weight excluding hydrogens is 552 g/mol. The first-order valence-electron chi connectivity index (χ1n) is 13.5. The number of para-hydroxylation sites is 2. The first kappa shape index (κ1) is 28.9. The third kappa shape index (κ3) is 6.46. The number of aliphatic imine (C=N–C) groups is 2. The maximum absolute atomic E-state index is 13.5. The van der Waals surface area contributed by atoms with Gasteiger partial charge in [0, 0.05) is 49.6 Å². The van der Waals surface area contributed by atoms with Gasteiger partial charge >= 0.3 is 0 Å². The number of carbonyl (C=O) groups excluding carboxylic acids is 3. The SMILES string of the molecule is COc1ccccc1CNC(=O)CC[C@H]1N=C2c3ccccc3N=C(SCC(=O)Nc3ccc(N(C)C)cc3)N2C1=O. The number of methoxy groups -OCH3 is 1. The summed E-state index contributed by atoms with van der Waals surface area (Å²) in [5.74, 6) is 0.593. The Kier molecular flexibility index (Phi) is 8.87. The van der Waals surface area contributed by atoms with E-state index in [1.165, 1.54) is 16.7 Å². The topological polar surface area (TPSA) is 116 Å². The molecule has 0 unspecified atom stereocenters. The largest absolute Gasteiger partial charge is 0.496 e. The zero-order valence-electron chi connectivity index (χ0n) is 23.7. The predicted octanol–water partition coefficient (Wildman–Crippen LogP) is 4.19. The lowest BCUT2D eigenvalue weighted by Crippen LogP contribution is -2.41. The minimum absolute atomic E-state index is 0.0590. The average Bonchev–Trinajstić information content (AvgIpc) is 3.34. The Morgan fingerprint density at radius 2 is 1.74 bits per heavy atom.